The topological polar surface area (TPSA) is 31.9 Å². The first-order chi connectivity index (χ1) is 11.8. The van der Waals surface area contributed by atoms with E-state index in [1.54, 1.807) is 0 Å². The van der Waals surface area contributed by atoms with Crippen LogP contribution in [0.4, 0.5) is 0 Å². The SMILES string of the molecule is C=CC1C=CC=C(c2cnc3[nH]c(-c4ccccc4)cc3c2)N1C. The zero-order valence-corrected chi connectivity index (χ0v) is 13.6. The number of rotatable bonds is 3. The molecule has 0 amide bonds. The first-order valence-electron chi connectivity index (χ1n) is 8.05. The molecule has 0 bridgehead atoms. The minimum Gasteiger partial charge on any atom is -0.364 e. The summed E-state index contributed by atoms with van der Waals surface area (Å²) >= 11 is 0. The van der Waals surface area contributed by atoms with Crippen LogP contribution in [0.2, 0.25) is 0 Å². The standard InChI is InChI=1S/C21H19N3/c1-3-18-10-7-11-20(24(18)2)17-12-16-13-19(23-21(16)22-14-17)15-8-5-4-6-9-15/h3-14,18H,1H2,2H3,(H,22,23). The van der Waals surface area contributed by atoms with Gasteiger partial charge in [0, 0.05) is 35.6 Å². The molecule has 2 aromatic heterocycles. The van der Waals surface area contributed by atoms with Gasteiger partial charge in [-0.2, -0.15) is 0 Å². The summed E-state index contributed by atoms with van der Waals surface area (Å²) in [6.45, 7) is 3.91. The lowest BCUT2D eigenvalue weighted by molar-refractivity contribution is 0.458. The molecule has 3 nitrogen and oxygen atoms in total. The molecule has 0 saturated heterocycles. The number of pyridine rings is 1. The van der Waals surface area contributed by atoms with Gasteiger partial charge in [-0.1, -0.05) is 48.6 Å². The third-order valence-corrected chi connectivity index (χ3v) is 4.48. The zero-order valence-electron chi connectivity index (χ0n) is 13.6. The molecule has 1 aliphatic rings. The van der Waals surface area contributed by atoms with Crippen LogP contribution >= 0.6 is 0 Å². The largest absolute Gasteiger partial charge is 0.364 e. The molecule has 1 aliphatic heterocycles. The highest BCUT2D eigenvalue weighted by Gasteiger charge is 2.17. The van der Waals surface area contributed by atoms with Crippen molar-refractivity contribution in [1.29, 1.82) is 0 Å². The van der Waals surface area contributed by atoms with Gasteiger partial charge >= 0.3 is 0 Å². The summed E-state index contributed by atoms with van der Waals surface area (Å²) < 4.78 is 0. The fourth-order valence-corrected chi connectivity index (χ4v) is 3.13. The average Bonchev–Trinajstić information content (AvgIpc) is 3.06. The predicted molar refractivity (Wildman–Crippen MR) is 100 cm³/mol. The molecule has 3 heteroatoms. The summed E-state index contributed by atoms with van der Waals surface area (Å²) in [5.41, 5.74) is 5.43. The maximum atomic E-state index is 4.61. The molecule has 0 fully saturated rings. The van der Waals surface area contributed by atoms with E-state index >= 15 is 0 Å². The highest BCUT2D eigenvalue weighted by molar-refractivity contribution is 5.86. The van der Waals surface area contributed by atoms with Crippen molar-refractivity contribution in [3.05, 3.63) is 85.1 Å². The Balaban J connectivity index is 1.75. The molecule has 4 rings (SSSR count). The van der Waals surface area contributed by atoms with E-state index in [1.807, 2.05) is 30.5 Å². The maximum absolute atomic E-state index is 4.61. The lowest BCUT2D eigenvalue weighted by atomic mass is 10.1. The van der Waals surface area contributed by atoms with Crippen molar-refractivity contribution in [2.75, 3.05) is 7.05 Å². The summed E-state index contributed by atoms with van der Waals surface area (Å²) in [5, 5.41) is 1.12. The van der Waals surface area contributed by atoms with Crippen molar-refractivity contribution in [3.63, 3.8) is 0 Å². The van der Waals surface area contributed by atoms with Crippen LogP contribution in [0.1, 0.15) is 5.56 Å². The number of benzene rings is 1. The lowest BCUT2D eigenvalue weighted by Crippen LogP contribution is -2.28. The van der Waals surface area contributed by atoms with E-state index in [1.165, 1.54) is 5.56 Å². The fourth-order valence-electron chi connectivity index (χ4n) is 3.13. The lowest BCUT2D eigenvalue weighted by Gasteiger charge is -2.30. The van der Waals surface area contributed by atoms with Gasteiger partial charge in [-0.3, -0.25) is 0 Å². The van der Waals surface area contributed by atoms with Crippen molar-refractivity contribution < 1.29 is 0 Å². The number of aromatic nitrogens is 2. The van der Waals surface area contributed by atoms with Crippen LogP contribution in [-0.4, -0.2) is 28.0 Å². The van der Waals surface area contributed by atoms with Gasteiger partial charge in [0.15, 0.2) is 0 Å². The molecule has 0 saturated carbocycles. The molecule has 3 heterocycles. The number of aromatic amines is 1. The van der Waals surface area contributed by atoms with Gasteiger partial charge in [0.2, 0.25) is 0 Å². The predicted octanol–water partition coefficient (Wildman–Crippen LogP) is 4.63. The molecule has 0 radical (unpaired) electrons. The Kier molecular flexibility index (Phi) is 3.54. The Morgan fingerprint density at radius 3 is 2.79 bits per heavy atom. The second-order valence-electron chi connectivity index (χ2n) is 5.98. The summed E-state index contributed by atoms with van der Waals surface area (Å²) in [5.74, 6) is 0. The minimum atomic E-state index is 0.215. The molecular weight excluding hydrogens is 294 g/mol. The second-order valence-corrected chi connectivity index (χ2v) is 5.98. The first-order valence-corrected chi connectivity index (χ1v) is 8.05. The maximum Gasteiger partial charge on any atom is 0.137 e. The molecule has 1 unspecified atom stereocenters. The van der Waals surface area contributed by atoms with Crippen LogP contribution in [0.3, 0.4) is 0 Å². The van der Waals surface area contributed by atoms with Crippen LogP contribution < -0.4 is 0 Å². The molecule has 24 heavy (non-hydrogen) atoms. The van der Waals surface area contributed by atoms with Gasteiger partial charge in [-0.25, -0.2) is 4.98 Å². The number of hydrogen-bond acceptors (Lipinski definition) is 2. The van der Waals surface area contributed by atoms with E-state index in [9.17, 15) is 0 Å². The molecular formula is C21H19N3. The highest BCUT2D eigenvalue weighted by Crippen LogP contribution is 2.28. The van der Waals surface area contributed by atoms with Crippen molar-refractivity contribution in [3.8, 4) is 11.3 Å². The minimum absolute atomic E-state index is 0.215. The molecule has 0 spiro atoms. The van der Waals surface area contributed by atoms with Crippen molar-refractivity contribution >= 4 is 16.7 Å². The number of allylic oxidation sites excluding steroid dienone is 2. The van der Waals surface area contributed by atoms with E-state index in [4.69, 9.17) is 0 Å². The third-order valence-electron chi connectivity index (χ3n) is 4.48. The normalized spacial score (nSPS) is 17.1. The number of fused-ring (bicyclic) bond motifs is 1. The quantitative estimate of drug-likeness (QED) is 0.715. The Bertz CT molecular complexity index is 948. The summed E-state index contributed by atoms with van der Waals surface area (Å²) in [6, 6.07) is 14.9. The van der Waals surface area contributed by atoms with E-state index < -0.39 is 0 Å². The number of nitrogens with zero attached hydrogens (tertiary/aromatic N) is 2. The van der Waals surface area contributed by atoms with Gasteiger partial charge in [0.25, 0.3) is 0 Å². The number of nitrogens with one attached hydrogen (secondary N) is 1. The molecule has 118 valence electrons. The Morgan fingerprint density at radius 2 is 2.00 bits per heavy atom. The summed E-state index contributed by atoms with van der Waals surface area (Å²) in [6.07, 6.45) is 10.2. The monoisotopic (exact) mass is 313 g/mol. The van der Waals surface area contributed by atoms with Crippen LogP contribution in [-0.2, 0) is 0 Å². The van der Waals surface area contributed by atoms with E-state index in [2.05, 4.69) is 71.0 Å². The van der Waals surface area contributed by atoms with Crippen LogP contribution in [0, 0.1) is 0 Å². The van der Waals surface area contributed by atoms with Gasteiger partial charge in [0.1, 0.15) is 5.65 Å². The van der Waals surface area contributed by atoms with Crippen molar-refractivity contribution in [2.45, 2.75) is 6.04 Å². The molecule has 1 N–H and O–H groups in total. The van der Waals surface area contributed by atoms with Crippen LogP contribution in [0.25, 0.3) is 28.0 Å². The van der Waals surface area contributed by atoms with E-state index in [0.717, 1.165) is 28.0 Å². The number of likely N-dealkylation sites (N-methyl/N-ethyl adjacent to an activating group) is 1. The van der Waals surface area contributed by atoms with Crippen LogP contribution in [0.5, 0.6) is 0 Å². The second kappa shape index (κ2) is 5.85. The summed E-state index contributed by atoms with van der Waals surface area (Å²) in [7, 11) is 2.08. The number of hydrogen-bond donors (Lipinski definition) is 1. The molecule has 3 aromatic rings. The third kappa shape index (κ3) is 2.44. The Morgan fingerprint density at radius 1 is 1.17 bits per heavy atom. The van der Waals surface area contributed by atoms with E-state index in [0.29, 0.717) is 0 Å². The van der Waals surface area contributed by atoms with Crippen molar-refractivity contribution in [1.82, 2.24) is 14.9 Å². The van der Waals surface area contributed by atoms with Crippen molar-refractivity contribution in [2.24, 2.45) is 0 Å². The zero-order chi connectivity index (χ0) is 16.5. The van der Waals surface area contributed by atoms with Gasteiger partial charge in [-0.05, 0) is 23.8 Å². The smallest absolute Gasteiger partial charge is 0.137 e. The Labute approximate surface area is 141 Å². The van der Waals surface area contributed by atoms with Gasteiger partial charge < -0.3 is 9.88 Å². The number of H-pyrrole nitrogens is 1. The molecule has 1 atom stereocenters. The van der Waals surface area contributed by atoms with Gasteiger partial charge in [-0.15, -0.1) is 6.58 Å². The molecule has 0 aliphatic carbocycles. The van der Waals surface area contributed by atoms with Gasteiger partial charge in [0.05, 0.1) is 6.04 Å². The Hall–Kier alpha value is -3.07. The summed E-state index contributed by atoms with van der Waals surface area (Å²) in [4.78, 5) is 10.2. The first kappa shape index (κ1) is 14.5. The average molecular weight is 313 g/mol. The van der Waals surface area contributed by atoms with E-state index in [-0.39, 0.29) is 6.04 Å². The molecule has 1 aromatic carbocycles. The van der Waals surface area contributed by atoms with Crippen LogP contribution in [0.15, 0.2) is 79.5 Å². The fraction of sp³-hybridized carbons (Fsp3) is 0.0952. The highest BCUT2D eigenvalue weighted by atomic mass is 15.1.